The fraction of sp³-hybridized carbons (Fsp3) is 0.148. The predicted octanol–water partition coefficient (Wildman–Crippen LogP) is 3.15. The summed E-state index contributed by atoms with van der Waals surface area (Å²) in [7, 11) is 0. The van der Waals surface area contributed by atoms with E-state index in [0.717, 1.165) is 11.1 Å². The van der Waals surface area contributed by atoms with Crippen LogP contribution in [0.1, 0.15) is 11.1 Å². The van der Waals surface area contributed by atoms with Gasteiger partial charge in [0.25, 0.3) is 0 Å². The lowest BCUT2D eigenvalue weighted by molar-refractivity contribution is -0.111. The average molecular weight is 513 g/mol. The number of nitrogens with two attached hydrogens (primary N) is 1. The topological polar surface area (TPSA) is 149 Å². The smallest absolute Gasteiger partial charge is 0.330 e. The number of anilines is 4. The molecule has 0 bridgehead atoms. The van der Waals surface area contributed by atoms with Crippen molar-refractivity contribution in [1.29, 1.82) is 0 Å². The van der Waals surface area contributed by atoms with Gasteiger partial charge in [-0.3, -0.25) is 9.79 Å². The highest BCUT2D eigenvalue weighted by Gasteiger charge is 2.33. The minimum Gasteiger partial charge on any atom is -0.403 e. The largest absolute Gasteiger partial charge is 0.403 e. The van der Waals surface area contributed by atoms with E-state index < -0.39 is 0 Å². The van der Waals surface area contributed by atoms with Crippen LogP contribution in [0.25, 0.3) is 0 Å². The van der Waals surface area contributed by atoms with Crippen molar-refractivity contribution in [2.75, 3.05) is 28.7 Å². The summed E-state index contributed by atoms with van der Waals surface area (Å²) >= 11 is 0. The highest BCUT2D eigenvalue weighted by molar-refractivity contribution is 6.03. The zero-order chi connectivity index (χ0) is 26.9. The van der Waals surface area contributed by atoms with Crippen molar-refractivity contribution in [3.8, 4) is 0 Å². The first-order valence-electron chi connectivity index (χ1n) is 11.8. The van der Waals surface area contributed by atoms with E-state index in [0.29, 0.717) is 36.0 Å². The highest BCUT2D eigenvalue weighted by atomic mass is 16.3. The maximum absolute atomic E-state index is 13.8. The minimum atomic E-state index is -0.365. The summed E-state index contributed by atoms with van der Waals surface area (Å²) in [5.74, 6) is 0.241. The van der Waals surface area contributed by atoms with Gasteiger partial charge in [0.15, 0.2) is 5.82 Å². The lowest BCUT2D eigenvalue weighted by Crippen LogP contribution is -2.45. The van der Waals surface area contributed by atoms with Crippen molar-refractivity contribution in [3.05, 3.63) is 96.5 Å². The molecule has 2 heterocycles. The molecule has 0 aliphatic carbocycles. The Morgan fingerprint density at radius 3 is 2.74 bits per heavy atom. The Bertz CT molecular complexity index is 1370. The number of benzene rings is 2. The predicted molar refractivity (Wildman–Crippen MR) is 147 cm³/mol. The van der Waals surface area contributed by atoms with E-state index >= 15 is 0 Å². The number of aliphatic hydroxyl groups is 1. The minimum absolute atomic E-state index is 0.0907. The van der Waals surface area contributed by atoms with Gasteiger partial charge in [-0.2, -0.15) is 4.98 Å². The number of hydrogen-bond acceptors (Lipinski definition) is 8. The standard InChI is InChI=1S/C27H28N8O3/c1-2-24(37)31-21-9-6-10-23(13-21)35-25-20(18-34(27(35)38)17-19-7-4-3-5-8-19)15-30-26(33-25)32-22(14-28)16-29-11-12-36/h2-10,13-16,36H,1,11-12,17-18,28H2,(H,31,37)(H,30,32,33). The van der Waals surface area contributed by atoms with E-state index in [9.17, 15) is 9.59 Å². The third kappa shape index (κ3) is 6.20. The Balaban J connectivity index is 1.72. The number of rotatable bonds is 10. The van der Waals surface area contributed by atoms with Gasteiger partial charge < -0.3 is 26.4 Å². The maximum atomic E-state index is 13.8. The van der Waals surface area contributed by atoms with Crippen LogP contribution in [-0.4, -0.2) is 51.3 Å². The lowest BCUT2D eigenvalue weighted by atomic mass is 10.1. The first kappa shape index (κ1) is 26.0. The number of nitrogens with one attached hydrogen (secondary N) is 2. The van der Waals surface area contributed by atoms with E-state index in [4.69, 9.17) is 10.8 Å². The van der Waals surface area contributed by atoms with Crippen LogP contribution in [0.4, 0.5) is 27.9 Å². The summed E-state index contributed by atoms with van der Waals surface area (Å²) in [4.78, 5) is 42.0. The first-order chi connectivity index (χ1) is 18.5. The summed E-state index contributed by atoms with van der Waals surface area (Å²) in [6.45, 7) is 4.32. The fourth-order valence-corrected chi connectivity index (χ4v) is 3.81. The van der Waals surface area contributed by atoms with Gasteiger partial charge in [-0.25, -0.2) is 14.7 Å². The molecule has 38 heavy (non-hydrogen) atoms. The molecule has 0 spiro atoms. The fourth-order valence-electron chi connectivity index (χ4n) is 3.81. The quantitative estimate of drug-likeness (QED) is 0.241. The summed E-state index contributed by atoms with van der Waals surface area (Å²) in [5, 5.41) is 14.7. The van der Waals surface area contributed by atoms with Crippen LogP contribution in [0.15, 0.2) is 90.3 Å². The molecule has 0 unspecified atom stereocenters. The molecule has 0 saturated heterocycles. The Kier molecular flexibility index (Phi) is 8.42. The summed E-state index contributed by atoms with van der Waals surface area (Å²) in [6, 6.07) is 16.3. The number of fused-ring (bicyclic) bond motifs is 1. The summed E-state index contributed by atoms with van der Waals surface area (Å²) in [6.07, 6.45) is 5.60. The number of nitrogens with zero attached hydrogens (tertiary/aromatic N) is 5. The van der Waals surface area contributed by atoms with Crippen LogP contribution in [0, 0.1) is 0 Å². The number of aliphatic imine (C=N–C) groups is 1. The summed E-state index contributed by atoms with van der Waals surface area (Å²) < 4.78 is 0. The second-order valence-electron chi connectivity index (χ2n) is 8.25. The van der Waals surface area contributed by atoms with Crippen LogP contribution in [0.5, 0.6) is 0 Å². The molecule has 1 aliphatic heterocycles. The van der Waals surface area contributed by atoms with Gasteiger partial charge in [0.05, 0.1) is 31.1 Å². The number of aliphatic hydroxyl groups excluding tert-OH is 1. The zero-order valence-corrected chi connectivity index (χ0v) is 20.6. The number of amides is 3. The molecule has 11 nitrogen and oxygen atoms in total. The van der Waals surface area contributed by atoms with Crippen molar-refractivity contribution in [3.63, 3.8) is 0 Å². The van der Waals surface area contributed by atoms with Gasteiger partial charge in [0.2, 0.25) is 11.9 Å². The molecule has 11 heteroatoms. The maximum Gasteiger partial charge on any atom is 0.330 e. The number of urea groups is 1. The number of allylic oxidation sites excluding steroid dienone is 1. The third-order valence-corrected chi connectivity index (χ3v) is 5.55. The Morgan fingerprint density at radius 1 is 1.18 bits per heavy atom. The zero-order valence-electron chi connectivity index (χ0n) is 20.6. The van der Waals surface area contributed by atoms with Crippen LogP contribution >= 0.6 is 0 Å². The van der Waals surface area contributed by atoms with Crippen LogP contribution in [-0.2, 0) is 17.9 Å². The molecule has 2 aromatic carbocycles. The van der Waals surface area contributed by atoms with Gasteiger partial charge >= 0.3 is 6.03 Å². The van der Waals surface area contributed by atoms with Gasteiger partial charge in [-0.1, -0.05) is 43.0 Å². The molecular weight excluding hydrogens is 484 g/mol. The van der Waals surface area contributed by atoms with Crippen molar-refractivity contribution >= 4 is 41.3 Å². The van der Waals surface area contributed by atoms with Crippen LogP contribution < -0.4 is 21.3 Å². The van der Waals surface area contributed by atoms with E-state index in [2.05, 4.69) is 32.2 Å². The molecule has 0 saturated carbocycles. The van der Waals surface area contributed by atoms with Crippen LogP contribution in [0.3, 0.4) is 0 Å². The molecule has 3 aromatic rings. The van der Waals surface area contributed by atoms with Crippen molar-refractivity contribution in [1.82, 2.24) is 14.9 Å². The molecule has 0 fully saturated rings. The van der Waals surface area contributed by atoms with Gasteiger partial charge in [0, 0.05) is 36.4 Å². The molecule has 3 amide bonds. The van der Waals surface area contributed by atoms with E-state index in [1.807, 2.05) is 30.3 Å². The normalized spacial score (nSPS) is 13.4. The number of hydrogen-bond donors (Lipinski definition) is 4. The number of carbonyl (C=O) groups is 2. The second-order valence-corrected chi connectivity index (χ2v) is 8.25. The molecule has 1 aromatic heterocycles. The van der Waals surface area contributed by atoms with Crippen LogP contribution in [0.2, 0.25) is 0 Å². The monoisotopic (exact) mass is 512 g/mol. The Labute approximate surface area is 220 Å². The molecular formula is C27H28N8O3. The van der Waals surface area contributed by atoms with E-state index in [1.165, 1.54) is 23.4 Å². The van der Waals surface area contributed by atoms with Gasteiger partial charge in [-0.15, -0.1) is 0 Å². The SMILES string of the molecule is C=CC(=O)Nc1cccc(N2C(=O)N(Cc3ccccc3)Cc3cnc(NC(C=NCCO)=CN)nc32)c1. The molecule has 0 atom stereocenters. The summed E-state index contributed by atoms with van der Waals surface area (Å²) in [5.41, 5.74) is 8.85. The van der Waals surface area contributed by atoms with E-state index in [1.54, 1.807) is 35.4 Å². The van der Waals surface area contributed by atoms with E-state index in [-0.39, 0.29) is 31.0 Å². The Morgan fingerprint density at radius 2 is 2.00 bits per heavy atom. The van der Waals surface area contributed by atoms with Gasteiger partial charge in [0.1, 0.15) is 0 Å². The molecule has 5 N–H and O–H groups in total. The Hall–Kier alpha value is -5.03. The molecule has 194 valence electrons. The lowest BCUT2D eigenvalue weighted by Gasteiger charge is -2.36. The third-order valence-electron chi connectivity index (χ3n) is 5.55. The number of aromatic nitrogens is 2. The average Bonchev–Trinajstić information content (AvgIpc) is 2.94. The molecule has 4 rings (SSSR count). The van der Waals surface area contributed by atoms with Crippen molar-refractivity contribution in [2.24, 2.45) is 10.7 Å². The molecule has 1 aliphatic rings. The second kappa shape index (κ2) is 12.3. The molecule has 0 radical (unpaired) electrons. The number of carbonyl (C=O) groups excluding carboxylic acids is 2. The van der Waals surface area contributed by atoms with Crippen molar-refractivity contribution < 1.29 is 14.7 Å². The van der Waals surface area contributed by atoms with Crippen molar-refractivity contribution in [2.45, 2.75) is 13.1 Å². The first-order valence-corrected chi connectivity index (χ1v) is 11.8. The van der Waals surface area contributed by atoms with Gasteiger partial charge in [-0.05, 0) is 29.8 Å². The highest BCUT2D eigenvalue weighted by Crippen LogP contribution is 2.35.